The van der Waals surface area contributed by atoms with Crippen LogP contribution < -0.4 is 10.9 Å². The largest absolute Gasteiger partial charge is 0.328 e. The summed E-state index contributed by atoms with van der Waals surface area (Å²) >= 11 is 0. The van der Waals surface area contributed by atoms with E-state index >= 15 is 0 Å². The van der Waals surface area contributed by atoms with E-state index in [1.807, 2.05) is 13.0 Å². The van der Waals surface area contributed by atoms with Gasteiger partial charge in [-0.2, -0.15) is 0 Å². The van der Waals surface area contributed by atoms with Gasteiger partial charge in [-0.3, -0.25) is 14.6 Å². The van der Waals surface area contributed by atoms with E-state index in [0.29, 0.717) is 11.3 Å². The molecule has 0 saturated carbocycles. The van der Waals surface area contributed by atoms with Gasteiger partial charge in [0.1, 0.15) is 0 Å². The molecule has 0 aliphatic rings. The Morgan fingerprint density at radius 3 is 2.82 bits per heavy atom. The standard InChI is InChI=1S/C12H11N3O2/c1-8-4-10(7-13-5-8)15-12(17)9-2-3-11(16)14-6-9/h2-7H,1H3,(H,14,16)(H,15,17). The van der Waals surface area contributed by atoms with Gasteiger partial charge in [-0.25, -0.2) is 0 Å². The third-order valence-electron chi connectivity index (χ3n) is 2.18. The number of nitrogens with one attached hydrogen (secondary N) is 2. The van der Waals surface area contributed by atoms with Crippen molar-refractivity contribution in [1.82, 2.24) is 9.97 Å². The maximum Gasteiger partial charge on any atom is 0.257 e. The summed E-state index contributed by atoms with van der Waals surface area (Å²) in [5.41, 5.74) is 1.75. The van der Waals surface area contributed by atoms with Crippen LogP contribution in [0.4, 0.5) is 5.69 Å². The van der Waals surface area contributed by atoms with Crippen LogP contribution in [-0.4, -0.2) is 15.9 Å². The van der Waals surface area contributed by atoms with Crippen molar-refractivity contribution in [3.8, 4) is 0 Å². The summed E-state index contributed by atoms with van der Waals surface area (Å²) in [4.78, 5) is 29.0. The number of hydrogen-bond acceptors (Lipinski definition) is 3. The van der Waals surface area contributed by atoms with Gasteiger partial charge in [0, 0.05) is 18.5 Å². The zero-order valence-electron chi connectivity index (χ0n) is 9.23. The third-order valence-corrected chi connectivity index (χ3v) is 2.18. The van der Waals surface area contributed by atoms with Crippen LogP contribution in [-0.2, 0) is 0 Å². The molecular formula is C12H11N3O2. The highest BCUT2D eigenvalue weighted by molar-refractivity contribution is 6.03. The summed E-state index contributed by atoms with van der Waals surface area (Å²) in [6.45, 7) is 1.89. The summed E-state index contributed by atoms with van der Waals surface area (Å²) in [5.74, 6) is -0.284. The van der Waals surface area contributed by atoms with Gasteiger partial charge in [-0.15, -0.1) is 0 Å². The number of pyridine rings is 2. The van der Waals surface area contributed by atoms with Gasteiger partial charge in [-0.05, 0) is 24.6 Å². The SMILES string of the molecule is Cc1cncc(NC(=O)c2ccc(=O)[nH]c2)c1. The van der Waals surface area contributed by atoms with Crippen LogP contribution in [0.1, 0.15) is 15.9 Å². The van der Waals surface area contributed by atoms with Crippen molar-refractivity contribution in [2.24, 2.45) is 0 Å². The van der Waals surface area contributed by atoms with Gasteiger partial charge < -0.3 is 10.3 Å². The predicted molar refractivity (Wildman–Crippen MR) is 64.0 cm³/mol. The van der Waals surface area contributed by atoms with E-state index in [9.17, 15) is 9.59 Å². The van der Waals surface area contributed by atoms with Crippen molar-refractivity contribution in [1.29, 1.82) is 0 Å². The van der Waals surface area contributed by atoms with Gasteiger partial charge in [0.2, 0.25) is 5.56 Å². The van der Waals surface area contributed by atoms with Crippen LogP contribution in [0, 0.1) is 6.92 Å². The number of aromatic amines is 1. The molecule has 2 N–H and O–H groups in total. The van der Waals surface area contributed by atoms with Crippen LogP contribution in [0.3, 0.4) is 0 Å². The molecule has 0 unspecified atom stereocenters. The van der Waals surface area contributed by atoms with E-state index in [4.69, 9.17) is 0 Å². The molecule has 0 aromatic carbocycles. The molecule has 0 atom stereocenters. The first-order chi connectivity index (χ1) is 8.15. The lowest BCUT2D eigenvalue weighted by atomic mass is 10.2. The van der Waals surface area contributed by atoms with E-state index in [1.165, 1.54) is 18.3 Å². The lowest BCUT2D eigenvalue weighted by molar-refractivity contribution is 0.102. The number of carbonyl (C=O) groups excluding carboxylic acids is 1. The number of aromatic nitrogens is 2. The molecule has 0 spiro atoms. The molecule has 0 saturated heterocycles. The molecule has 0 aliphatic heterocycles. The lowest BCUT2D eigenvalue weighted by Crippen LogP contribution is -2.14. The minimum absolute atomic E-state index is 0.237. The Bertz CT molecular complexity index is 584. The monoisotopic (exact) mass is 229 g/mol. The molecule has 2 rings (SSSR count). The number of aryl methyl sites for hydroxylation is 1. The quantitative estimate of drug-likeness (QED) is 0.815. The normalized spacial score (nSPS) is 9.94. The second-order valence-corrected chi connectivity index (χ2v) is 3.65. The second kappa shape index (κ2) is 4.61. The summed E-state index contributed by atoms with van der Waals surface area (Å²) < 4.78 is 0. The van der Waals surface area contributed by atoms with Gasteiger partial charge >= 0.3 is 0 Å². The molecule has 5 heteroatoms. The Kier molecular flexibility index (Phi) is 3.00. The Hall–Kier alpha value is -2.43. The lowest BCUT2D eigenvalue weighted by Gasteiger charge is -2.04. The van der Waals surface area contributed by atoms with Crippen LogP contribution >= 0.6 is 0 Å². The number of carbonyl (C=O) groups is 1. The first-order valence-electron chi connectivity index (χ1n) is 5.07. The molecule has 0 radical (unpaired) electrons. The second-order valence-electron chi connectivity index (χ2n) is 3.65. The highest BCUT2D eigenvalue weighted by Crippen LogP contribution is 2.08. The molecule has 0 fully saturated rings. The van der Waals surface area contributed by atoms with E-state index in [2.05, 4.69) is 15.3 Å². The topological polar surface area (TPSA) is 74.8 Å². The van der Waals surface area contributed by atoms with Crippen LogP contribution in [0.25, 0.3) is 0 Å². The number of nitrogens with zero attached hydrogens (tertiary/aromatic N) is 1. The molecule has 1 amide bonds. The number of amides is 1. The zero-order valence-corrected chi connectivity index (χ0v) is 9.23. The fraction of sp³-hybridized carbons (Fsp3) is 0.0833. The van der Waals surface area contributed by atoms with Crippen molar-refractivity contribution >= 4 is 11.6 Å². The van der Waals surface area contributed by atoms with E-state index in [0.717, 1.165) is 5.56 Å². The Labute approximate surface area is 97.5 Å². The fourth-order valence-electron chi connectivity index (χ4n) is 1.38. The first kappa shape index (κ1) is 11.1. The van der Waals surface area contributed by atoms with Crippen molar-refractivity contribution in [3.63, 3.8) is 0 Å². The van der Waals surface area contributed by atoms with E-state index in [1.54, 1.807) is 12.4 Å². The van der Waals surface area contributed by atoms with Crippen LogP contribution in [0.15, 0.2) is 41.6 Å². The Morgan fingerprint density at radius 2 is 2.18 bits per heavy atom. The number of hydrogen-bond donors (Lipinski definition) is 2. The molecule has 86 valence electrons. The molecule has 0 bridgehead atoms. The first-order valence-corrected chi connectivity index (χ1v) is 5.07. The number of H-pyrrole nitrogens is 1. The molecular weight excluding hydrogens is 218 g/mol. The Balaban J connectivity index is 2.17. The predicted octanol–water partition coefficient (Wildman–Crippen LogP) is 1.33. The average molecular weight is 229 g/mol. The molecule has 2 aromatic rings. The van der Waals surface area contributed by atoms with Crippen molar-refractivity contribution in [2.75, 3.05) is 5.32 Å². The maximum atomic E-state index is 11.8. The van der Waals surface area contributed by atoms with Gasteiger partial charge in [0.15, 0.2) is 0 Å². The molecule has 17 heavy (non-hydrogen) atoms. The average Bonchev–Trinajstić information content (AvgIpc) is 2.29. The fourth-order valence-corrected chi connectivity index (χ4v) is 1.38. The zero-order chi connectivity index (χ0) is 12.3. The van der Waals surface area contributed by atoms with E-state index < -0.39 is 0 Å². The minimum Gasteiger partial charge on any atom is -0.328 e. The molecule has 5 nitrogen and oxygen atoms in total. The highest BCUT2D eigenvalue weighted by Gasteiger charge is 2.05. The smallest absolute Gasteiger partial charge is 0.257 e. The van der Waals surface area contributed by atoms with Crippen LogP contribution in [0.5, 0.6) is 0 Å². The third kappa shape index (κ3) is 2.78. The summed E-state index contributed by atoms with van der Waals surface area (Å²) in [5, 5.41) is 2.70. The Morgan fingerprint density at radius 1 is 1.35 bits per heavy atom. The summed E-state index contributed by atoms with van der Waals surface area (Å²) in [6, 6.07) is 4.59. The summed E-state index contributed by atoms with van der Waals surface area (Å²) in [7, 11) is 0. The van der Waals surface area contributed by atoms with Crippen molar-refractivity contribution in [2.45, 2.75) is 6.92 Å². The van der Waals surface area contributed by atoms with Crippen LogP contribution in [0.2, 0.25) is 0 Å². The summed E-state index contributed by atoms with van der Waals surface area (Å²) in [6.07, 6.45) is 4.65. The molecule has 0 aliphatic carbocycles. The molecule has 2 heterocycles. The number of anilines is 1. The van der Waals surface area contributed by atoms with Crippen molar-refractivity contribution < 1.29 is 4.79 Å². The number of rotatable bonds is 2. The molecule has 2 aromatic heterocycles. The highest BCUT2D eigenvalue weighted by atomic mass is 16.1. The van der Waals surface area contributed by atoms with Crippen molar-refractivity contribution in [3.05, 3.63) is 58.3 Å². The maximum absolute atomic E-state index is 11.8. The van der Waals surface area contributed by atoms with Gasteiger partial charge in [0.25, 0.3) is 5.91 Å². The van der Waals surface area contributed by atoms with Gasteiger partial charge in [0.05, 0.1) is 17.4 Å². The minimum atomic E-state index is -0.284. The van der Waals surface area contributed by atoms with Gasteiger partial charge in [-0.1, -0.05) is 0 Å². The van der Waals surface area contributed by atoms with E-state index in [-0.39, 0.29) is 11.5 Å².